The molecule has 0 radical (unpaired) electrons. The van der Waals surface area contributed by atoms with Crippen LogP contribution in [0.1, 0.15) is 0 Å². The van der Waals surface area contributed by atoms with Crippen molar-refractivity contribution in [2.45, 2.75) is 0 Å². The molecule has 13 heavy (non-hydrogen) atoms. The Morgan fingerprint density at radius 3 is 2.85 bits per heavy atom. The van der Waals surface area contributed by atoms with Crippen LogP contribution < -0.4 is 16.8 Å². The molecule has 0 spiro atoms. The third-order valence-corrected chi connectivity index (χ3v) is 1.82. The van der Waals surface area contributed by atoms with E-state index in [9.17, 15) is 9.59 Å². The molecule has 0 aliphatic rings. The molecule has 4 nitrogen and oxygen atoms in total. The number of aromatic amines is 1. The zero-order chi connectivity index (χ0) is 9.42. The topological polar surface area (TPSA) is 63.1 Å². The van der Waals surface area contributed by atoms with Gasteiger partial charge in [-0.1, -0.05) is 17.6 Å². The molecule has 2 aromatic rings. The zero-order valence-electron chi connectivity index (χ0n) is 6.96. The Morgan fingerprint density at radius 2 is 2.08 bits per heavy atom. The van der Waals surface area contributed by atoms with Gasteiger partial charge in [0.2, 0.25) is 0 Å². The normalized spacial score (nSPS) is 10.5. The van der Waals surface area contributed by atoms with E-state index in [0.29, 0.717) is 10.9 Å². The van der Waals surface area contributed by atoms with Crippen LogP contribution in [-0.2, 0) is 0 Å². The summed E-state index contributed by atoms with van der Waals surface area (Å²) in [6, 6.07) is 5.18. The van der Waals surface area contributed by atoms with Crippen LogP contribution in [0.3, 0.4) is 0 Å². The van der Waals surface area contributed by atoms with Crippen molar-refractivity contribution in [2.75, 3.05) is 0 Å². The molecule has 0 saturated heterocycles. The van der Waals surface area contributed by atoms with Crippen LogP contribution in [0.5, 0.6) is 0 Å². The Balaban J connectivity index is 3.04. The molecule has 0 bridgehead atoms. The SMILES string of the molecule is Bc1ccc2[nH]c(=O)oc(=O)c2c1. The lowest BCUT2D eigenvalue weighted by molar-refractivity contribution is 0.460. The summed E-state index contributed by atoms with van der Waals surface area (Å²) in [6.45, 7) is 0. The molecule has 64 valence electrons. The molecule has 2 rings (SSSR count). The highest BCUT2D eigenvalue weighted by Crippen LogP contribution is 2.00. The quantitative estimate of drug-likeness (QED) is 0.508. The fraction of sp³-hybridized carbons (Fsp3) is 0. The van der Waals surface area contributed by atoms with Crippen molar-refractivity contribution in [1.29, 1.82) is 0 Å². The summed E-state index contributed by atoms with van der Waals surface area (Å²) < 4.78 is 4.38. The van der Waals surface area contributed by atoms with Crippen LogP contribution >= 0.6 is 0 Å². The maximum absolute atomic E-state index is 11.2. The van der Waals surface area contributed by atoms with Gasteiger partial charge in [-0.05, 0) is 6.07 Å². The van der Waals surface area contributed by atoms with Crippen molar-refractivity contribution in [1.82, 2.24) is 4.98 Å². The van der Waals surface area contributed by atoms with Crippen LogP contribution in [0.25, 0.3) is 10.9 Å². The van der Waals surface area contributed by atoms with E-state index >= 15 is 0 Å². The minimum atomic E-state index is -0.721. The maximum Gasteiger partial charge on any atom is 0.419 e. The minimum absolute atomic E-state index is 0.402. The van der Waals surface area contributed by atoms with Crippen LogP contribution in [0, 0.1) is 0 Å². The molecule has 1 aromatic carbocycles. The summed E-state index contributed by atoms with van der Waals surface area (Å²) in [5.74, 6) is -0.721. The average Bonchev–Trinajstić information content (AvgIpc) is 2.06. The third-order valence-electron chi connectivity index (χ3n) is 1.82. The molecule has 0 fully saturated rings. The van der Waals surface area contributed by atoms with Crippen molar-refractivity contribution in [3.05, 3.63) is 39.2 Å². The Morgan fingerprint density at radius 1 is 1.31 bits per heavy atom. The number of fused-ring (bicyclic) bond motifs is 1. The van der Waals surface area contributed by atoms with E-state index < -0.39 is 11.4 Å². The summed E-state index contributed by atoms with van der Waals surface area (Å²) in [5.41, 5.74) is 0.862. The smallest absolute Gasteiger partial charge is 0.372 e. The second kappa shape index (κ2) is 2.62. The van der Waals surface area contributed by atoms with Crippen LogP contribution in [0.15, 0.2) is 32.2 Å². The molecular weight excluding hydrogens is 169 g/mol. The summed E-state index contributed by atoms with van der Waals surface area (Å²) in [4.78, 5) is 24.4. The zero-order valence-corrected chi connectivity index (χ0v) is 6.96. The Labute approximate surface area is 73.6 Å². The number of hydrogen-bond donors (Lipinski definition) is 1. The molecule has 0 aliphatic heterocycles. The Bertz CT molecular complexity index is 569. The van der Waals surface area contributed by atoms with Crippen LogP contribution in [-0.4, -0.2) is 12.8 Å². The number of aromatic nitrogens is 1. The number of hydrogen-bond acceptors (Lipinski definition) is 3. The molecule has 1 heterocycles. The maximum atomic E-state index is 11.2. The lowest BCUT2D eigenvalue weighted by Gasteiger charge is -1.95. The highest BCUT2D eigenvalue weighted by molar-refractivity contribution is 6.33. The van der Waals surface area contributed by atoms with E-state index in [1.807, 2.05) is 13.9 Å². The largest absolute Gasteiger partial charge is 0.419 e. The van der Waals surface area contributed by atoms with E-state index in [2.05, 4.69) is 9.40 Å². The summed E-state index contributed by atoms with van der Waals surface area (Å²) in [5, 5.41) is 0.402. The predicted octanol–water partition coefficient (Wildman–Crippen LogP) is -1.26. The standard InChI is InChI=1S/C8H6BNO3/c9-4-1-2-6-5(3-4)7(11)13-8(12)10-6/h1-3H,9H2,(H,10,12). The van der Waals surface area contributed by atoms with E-state index in [1.54, 1.807) is 12.1 Å². The molecule has 0 saturated carbocycles. The molecule has 1 aromatic heterocycles. The monoisotopic (exact) mass is 175 g/mol. The van der Waals surface area contributed by atoms with E-state index in [0.717, 1.165) is 5.46 Å². The second-order valence-electron chi connectivity index (χ2n) is 2.85. The number of benzene rings is 1. The summed E-state index contributed by atoms with van der Waals surface area (Å²) >= 11 is 0. The van der Waals surface area contributed by atoms with Crippen molar-refractivity contribution < 1.29 is 4.42 Å². The molecule has 1 N–H and O–H groups in total. The highest BCUT2D eigenvalue weighted by Gasteiger charge is 2.01. The molecular formula is C8H6BNO3. The number of rotatable bonds is 0. The van der Waals surface area contributed by atoms with Gasteiger partial charge in [0.05, 0.1) is 10.9 Å². The van der Waals surface area contributed by atoms with Crippen LogP contribution in [0.4, 0.5) is 0 Å². The third kappa shape index (κ3) is 1.28. The predicted molar refractivity (Wildman–Crippen MR) is 51.3 cm³/mol. The van der Waals surface area contributed by atoms with Gasteiger partial charge in [-0.25, -0.2) is 9.59 Å². The van der Waals surface area contributed by atoms with Crippen molar-refractivity contribution in [3.8, 4) is 0 Å². The van der Waals surface area contributed by atoms with E-state index in [4.69, 9.17) is 0 Å². The van der Waals surface area contributed by atoms with Crippen molar-refractivity contribution >= 4 is 24.2 Å². The molecule has 5 heteroatoms. The van der Waals surface area contributed by atoms with Gasteiger partial charge in [0.1, 0.15) is 7.85 Å². The van der Waals surface area contributed by atoms with Gasteiger partial charge in [-0.15, -0.1) is 0 Å². The first kappa shape index (κ1) is 7.85. The second-order valence-corrected chi connectivity index (χ2v) is 2.85. The Kier molecular flexibility index (Phi) is 1.58. The first-order valence-corrected chi connectivity index (χ1v) is 3.80. The van der Waals surface area contributed by atoms with Gasteiger partial charge in [0, 0.05) is 0 Å². The van der Waals surface area contributed by atoms with E-state index in [-0.39, 0.29) is 0 Å². The van der Waals surface area contributed by atoms with Crippen molar-refractivity contribution in [2.24, 2.45) is 0 Å². The Hall–Kier alpha value is -1.78. The average molecular weight is 175 g/mol. The van der Waals surface area contributed by atoms with Crippen LogP contribution in [0.2, 0.25) is 0 Å². The number of H-pyrrole nitrogens is 1. The first-order chi connectivity index (χ1) is 6.16. The molecule has 0 aliphatic carbocycles. The van der Waals surface area contributed by atoms with Gasteiger partial charge in [-0.3, -0.25) is 4.98 Å². The lowest BCUT2D eigenvalue weighted by Crippen LogP contribution is -2.16. The van der Waals surface area contributed by atoms with Gasteiger partial charge in [0.25, 0.3) is 0 Å². The van der Waals surface area contributed by atoms with E-state index in [1.165, 1.54) is 0 Å². The van der Waals surface area contributed by atoms with Gasteiger partial charge in [-0.2, -0.15) is 0 Å². The molecule has 0 atom stereocenters. The lowest BCUT2D eigenvalue weighted by atomic mass is 9.95. The minimum Gasteiger partial charge on any atom is -0.372 e. The fourth-order valence-corrected chi connectivity index (χ4v) is 1.21. The van der Waals surface area contributed by atoms with Crippen molar-refractivity contribution in [3.63, 3.8) is 0 Å². The first-order valence-electron chi connectivity index (χ1n) is 3.80. The van der Waals surface area contributed by atoms with Gasteiger partial charge >= 0.3 is 11.4 Å². The molecule has 0 amide bonds. The van der Waals surface area contributed by atoms with Gasteiger partial charge in [0.15, 0.2) is 0 Å². The molecule has 0 unspecified atom stereocenters. The number of nitrogens with one attached hydrogen (secondary N) is 1. The van der Waals surface area contributed by atoms with Gasteiger partial charge < -0.3 is 4.42 Å². The highest BCUT2D eigenvalue weighted by atomic mass is 16.4. The summed E-state index contributed by atoms with van der Waals surface area (Å²) in [7, 11) is 1.87. The summed E-state index contributed by atoms with van der Waals surface area (Å²) in [6.07, 6.45) is 0. The fourth-order valence-electron chi connectivity index (χ4n) is 1.21.